The molecule has 3 aromatic rings. The first-order valence-corrected chi connectivity index (χ1v) is 10.3. The quantitative estimate of drug-likeness (QED) is 0.706. The van der Waals surface area contributed by atoms with Crippen molar-refractivity contribution in [3.8, 4) is 28.6 Å². The van der Waals surface area contributed by atoms with Crippen LogP contribution >= 0.6 is 0 Å². The molecule has 0 aliphatic carbocycles. The summed E-state index contributed by atoms with van der Waals surface area (Å²) in [7, 11) is 1.68. The van der Waals surface area contributed by atoms with Crippen LogP contribution in [0.25, 0.3) is 22.5 Å². The molecule has 31 heavy (non-hydrogen) atoms. The fourth-order valence-corrected chi connectivity index (χ4v) is 3.94. The molecule has 2 aromatic carbocycles. The highest BCUT2D eigenvalue weighted by Gasteiger charge is 2.25. The average molecular weight is 417 g/mol. The lowest BCUT2D eigenvalue weighted by molar-refractivity contribution is 0.496. The van der Waals surface area contributed by atoms with Gasteiger partial charge in [0.25, 0.3) is 5.56 Å². The van der Waals surface area contributed by atoms with Gasteiger partial charge in [0.15, 0.2) is 5.82 Å². The molecule has 0 amide bonds. The molecule has 0 atom stereocenters. The summed E-state index contributed by atoms with van der Waals surface area (Å²) in [6.07, 6.45) is 1.54. The van der Waals surface area contributed by atoms with Crippen molar-refractivity contribution < 1.29 is 4.39 Å². The SMILES string of the molecule is Cc1ccc(-c2c(-c3ccc(C#N)cc3F)nc(N3CCC(N)CC3)c(=O)n2C)cc1. The Morgan fingerprint density at radius 3 is 2.45 bits per heavy atom. The molecule has 7 heteroatoms. The first-order chi connectivity index (χ1) is 14.9. The first-order valence-electron chi connectivity index (χ1n) is 10.3. The van der Waals surface area contributed by atoms with Crippen LogP contribution in [-0.4, -0.2) is 28.7 Å². The minimum atomic E-state index is -0.551. The van der Waals surface area contributed by atoms with Crippen molar-refractivity contribution in [3.05, 3.63) is 69.8 Å². The molecule has 1 aliphatic rings. The van der Waals surface area contributed by atoms with Crippen LogP contribution < -0.4 is 16.2 Å². The predicted molar refractivity (Wildman–Crippen MR) is 119 cm³/mol. The van der Waals surface area contributed by atoms with Crippen LogP contribution in [0.2, 0.25) is 0 Å². The highest BCUT2D eigenvalue weighted by molar-refractivity contribution is 5.80. The largest absolute Gasteiger partial charge is 0.352 e. The van der Waals surface area contributed by atoms with Crippen LogP contribution in [0.5, 0.6) is 0 Å². The van der Waals surface area contributed by atoms with E-state index < -0.39 is 5.82 Å². The maximum atomic E-state index is 15.0. The number of hydrogen-bond acceptors (Lipinski definition) is 5. The molecule has 0 spiro atoms. The zero-order chi connectivity index (χ0) is 22.1. The van der Waals surface area contributed by atoms with E-state index in [1.807, 2.05) is 42.2 Å². The molecule has 1 fully saturated rings. The molecule has 6 nitrogen and oxygen atoms in total. The van der Waals surface area contributed by atoms with E-state index in [0.717, 1.165) is 24.0 Å². The number of aromatic nitrogens is 2. The van der Waals surface area contributed by atoms with Crippen LogP contribution in [0, 0.1) is 24.1 Å². The van der Waals surface area contributed by atoms with Gasteiger partial charge in [-0.25, -0.2) is 9.37 Å². The fourth-order valence-electron chi connectivity index (χ4n) is 3.94. The zero-order valence-corrected chi connectivity index (χ0v) is 17.6. The number of nitrogens with two attached hydrogens (primary N) is 1. The summed E-state index contributed by atoms with van der Waals surface area (Å²) >= 11 is 0. The number of halogens is 1. The highest BCUT2D eigenvalue weighted by atomic mass is 19.1. The average Bonchev–Trinajstić information content (AvgIpc) is 2.77. The lowest BCUT2D eigenvalue weighted by atomic mass is 10.0. The van der Waals surface area contributed by atoms with Crippen molar-refractivity contribution in [2.45, 2.75) is 25.8 Å². The van der Waals surface area contributed by atoms with E-state index in [1.54, 1.807) is 19.2 Å². The molecule has 0 radical (unpaired) electrons. The van der Waals surface area contributed by atoms with Gasteiger partial charge in [-0.1, -0.05) is 29.8 Å². The third-order valence-electron chi connectivity index (χ3n) is 5.79. The van der Waals surface area contributed by atoms with Gasteiger partial charge in [-0.05, 0) is 38.0 Å². The van der Waals surface area contributed by atoms with Crippen molar-refractivity contribution in [1.82, 2.24) is 9.55 Å². The van der Waals surface area contributed by atoms with E-state index in [9.17, 15) is 4.79 Å². The van der Waals surface area contributed by atoms with E-state index in [4.69, 9.17) is 16.0 Å². The Labute approximate surface area is 180 Å². The van der Waals surface area contributed by atoms with E-state index in [-0.39, 0.29) is 22.7 Å². The van der Waals surface area contributed by atoms with E-state index in [2.05, 4.69) is 0 Å². The Morgan fingerprint density at radius 1 is 1.16 bits per heavy atom. The second kappa shape index (κ2) is 8.32. The number of anilines is 1. The van der Waals surface area contributed by atoms with Crippen molar-refractivity contribution >= 4 is 5.82 Å². The standard InChI is InChI=1S/C24H24FN5O/c1-15-3-6-17(7-4-15)22-21(19-8-5-16(14-26)13-20(19)25)28-23(24(31)29(22)2)30-11-9-18(27)10-12-30/h3-8,13,18H,9-12,27H2,1-2H3. The molecule has 1 aromatic heterocycles. The van der Waals surface area contributed by atoms with Crippen molar-refractivity contribution in [2.75, 3.05) is 18.0 Å². The second-order valence-corrected chi connectivity index (χ2v) is 7.99. The van der Waals surface area contributed by atoms with Crippen LogP contribution in [0.1, 0.15) is 24.0 Å². The summed E-state index contributed by atoms with van der Waals surface area (Å²) < 4.78 is 16.6. The van der Waals surface area contributed by atoms with E-state index in [0.29, 0.717) is 30.3 Å². The Balaban J connectivity index is 1.96. The summed E-state index contributed by atoms with van der Waals surface area (Å²) in [6, 6.07) is 14.1. The van der Waals surface area contributed by atoms with Crippen LogP contribution in [0.4, 0.5) is 10.2 Å². The molecule has 4 rings (SSSR count). The molecule has 0 saturated carbocycles. The smallest absolute Gasteiger partial charge is 0.293 e. The summed E-state index contributed by atoms with van der Waals surface area (Å²) in [6.45, 7) is 3.23. The Morgan fingerprint density at radius 2 is 1.84 bits per heavy atom. The molecule has 2 N–H and O–H groups in total. The number of nitrogens with zero attached hydrogens (tertiary/aromatic N) is 4. The van der Waals surface area contributed by atoms with E-state index in [1.165, 1.54) is 10.6 Å². The van der Waals surface area contributed by atoms with Crippen molar-refractivity contribution in [2.24, 2.45) is 12.8 Å². The summed E-state index contributed by atoms with van der Waals surface area (Å²) in [5.41, 5.74) is 9.02. The molecule has 158 valence electrons. The third kappa shape index (κ3) is 3.94. The third-order valence-corrected chi connectivity index (χ3v) is 5.79. The van der Waals surface area contributed by atoms with Crippen molar-refractivity contribution in [1.29, 1.82) is 5.26 Å². The van der Waals surface area contributed by atoms with Crippen LogP contribution in [-0.2, 0) is 7.05 Å². The fraction of sp³-hybridized carbons (Fsp3) is 0.292. The molecular weight excluding hydrogens is 393 g/mol. The monoisotopic (exact) mass is 417 g/mol. The van der Waals surface area contributed by atoms with Gasteiger partial charge in [0, 0.05) is 37.3 Å². The minimum absolute atomic E-state index is 0.113. The van der Waals surface area contributed by atoms with Gasteiger partial charge in [0.05, 0.1) is 17.3 Å². The zero-order valence-electron chi connectivity index (χ0n) is 17.6. The van der Waals surface area contributed by atoms with Gasteiger partial charge in [-0.2, -0.15) is 5.26 Å². The number of benzene rings is 2. The van der Waals surface area contributed by atoms with Gasteiger partial charge in [-0.3, -0.25) is 4.79 Å². The Bertz CT molecular complexity index is 1220. The lowest BCUT2D eigenvalue weighted by Gasteiger charge is -2.31. The minimum Gasteiger partial charge on any atom is -0.352 e. The van der Waals surface area contributed by atoms with E-state index >= 15 is 4.39 Å². The van der Waals surface area contributed by atoms with Crippen molar-refractivity contribution in [3.63, 3.8) is 0 Å². The molecular formula is C24H24FN5O. The van der Waals surface area contributed by atoms with Gasteiger partial charge >= 0.3 is 0 Å². The molecule has 0 unspecified atom stereocenters. The van der Waals surface area contributed by atoms with Gasteiger partial charge in [-0.15, -0.1) is 0 Å². The second-order valence-electron chi connectivity index (χ2n) is 7.99. The lowest BCUT2D eigenvalue weighted by Crippen LogP contribution is -2.43. The van der Waals surface area contributed by atoms with Crippen LogP contribution in [0.15, 0.2) is 47.3 Å². The highest BCUT2D eigenvalue weighted by Crippen LogP contribution is 2.33. The summed E-state index contributed by atoms with van der Waals surface area (Å²) in [5.74, 6) is -0.255. The maximum absolute atomic E-state index is 15.0. The molecule has 2 heterocycles. The Hall–Kier alpha value is -3.50. The molecule has 1 saturated heterocycles. The topological polar surface area (TPSA) is 87.9 Å². The molecule has 1 aliphatic heterocycles. The van der Waals surface area contributed by atoms with Gasteiger partial charge < -0.3 is 15.2 Å². The normalized spacial score (nSPS) is 14.5. The Kier molecular flexibility index (Phi) is 5.57. The summed E-state index contributed by atoms with van der Waals surface area (Å²) in [5, 5.41) is 9.10. The molecule has 0 bridgehead atoms. The summed E-state index contributed by atoms with van der Waals surface area (Å²) in [4.78, 5) is 19.9. The number of rotatable bonds is 3. The maximum Gasteiger partial charge on any atom is 0.293 e. The number of hydrogen-bond donors (Lipinski definition) is 1. The number of piperidine rings is 1. The van der Waals surface area contributed by atoms with Gasteiger partial charge in [0.1, 0.15) is 11.5 Å². The van der Waals surface area contributed by atoms with Gasteiger partial charge in [0.2, 0.25) is 0 Å². The first kappa shape index (κ1) is 20.8. The number of aryl methyl sites for hydroxylation is 1. The van der Waals surface area contributed by atoms with Crippen LogP contribution in [0.3, 0.4) is 0 Å². The predicted octanol–water partition coefficient (Wildman–Crippen LogP) is 3.36. The number of nitriles is 1.